The van der Waals surface area contributed by atoms with Crippen molar-refractivity contribution >= 4 is 0 Å². The number of nitrogens with one attached hydrogen (secondary N) is 1. The molecule has 2 nitrogen and oxygen atoms in total. The molecule has 0 aliphatic heterocycles. The summed E-state index contributed by atoms with van der Waals surface area (Å²) in [7, 11) is 0. The summed E-state index contributed by atoms with van der Waals surface area (Å²) in [6.07, 6.45) is -4.23. The zero-order valence-electron chi connectivity index (χ0n) is 10.7. The second-order valence-electron chi connectivity index (χ2n) is 3.45. The first-order chi connectivity index (χ1) is 8.43. The van der Waals surface area contributed by atoms with Crippen LogP contribution >= 0.6 is 0 Å². The molecule has 0 bridgehead atoms. The van der Waals surface area contributed by atoms with Crippen LogP contribution in [0.5, 0.6) is 0 Å². The second kappa shape index (κ2) is 7.72. The molecule has 1 aromatic rings. The van der Waals surface area contributed by atoms with Gasteiger partial charge in [0.05, 0.1) is 11.6 Å². The van der Waals surface area contributed by atoms with Crippen molar-refractivity contribution in [3.8, 4) is 6.07 Å². The van der Waals surface area contributed by atoms with Crippen LogP contribution in [0.2, 0.25) is 0 Å². The van der Waals surface area contributed by atoms with Gasteiger partial charge < -0.3 is 5.32 Å². The van der Waals surface area contributed by atoms with Crippen molar-refractivity contribution in [3.05, 3.63) is 35.4 Å². The highest BCUT2D eigenvalue weighted by Gasteiger charge is 2.35. The lowest BCUT2D eigenvalue weighted by Gasteiger charge is -2.17. The molecule has 100 valence electrons. The molecular weight excluding hydrogens is 241 g/mol. The summed E-state index contributed by atoms with van der Waals surface area (Å²) >= 11 is 0. The molecule has 0 aromatic heterocycles. The van der Waals surface area contributed by atoms with Crippen molar-refractivity contribution in [1.29, 1.82) is 5.26 Å². The average Bonchev–Trinajstić information content (AvgIpc) is 2.37. The zero-order valence-corrected chi connectivity index (χ0v) is 10.7. The molecular formula is C13H17F3N2. The Morgan fingerprint density at radius 2 is 1.72 bits per heavy atom. The van der Waals surface area contributed by atoms with Crippen molar-refractivity contribution in [2.75, 3.05) is 0 Å². The molecule has 0 fully saturated rings. The van der Waals surface area contributed by atoms with Crippen LogP contribution in [-0.2, 0) is 6.54 Å². The van der Waals surface area contributed by atoms with E-state index >= 15 is 0 Å². The number of alkyl halides is 3. The van der Waals surface area contributed by atoms with Crippen LogP contribution in [0.3, 0.4) is 0 Å². The Kier molecular flexibility index (Phi) is 7.06. The minimum Gasteiger partial charge on any atom is -0.302 e. The van der Waals surface area contributed by atoms with Gasteiger partial charge >= 0.3 is 6.18 Å². The minimum absolute atomic E-state index is 0.131. The lowest BCUT2D eigenvalue weighted by molar-refractivity contribution is -0.151. The predicted octanol–water partition coefficient (Wildman–Crippen LogP) is 3.62. The van der Waals surface area contributed by atoms with Gasteiger partial charge in [-0.1, -0.05) is 26.0 Å². The summed E-state index contributed by atoms with van der Waals surface area (Å²) in [6.45, 7) is 5.20. The molecule has 1 unspecified atom stereocenters. The minimum atomic E-state index is -4.23. The molecule has 0 amide bonds. The van der Waals surface area contributed by atoms with Crippen molar-refractivity contribution in [2.45, 2.75) is 39.5 Å². The molecule has 0 radical (unpaired) electrons. The van der Waals surface area contributed by atoms with E-state index in [1.54, 1.807) is 24.3 Å². The zero-order chi connectivity index (χ0) is 14.2. The van der Waals surface area contributed by atoms with E-state index in [1.807, 2.05) is 19.9 Å². The molecule has 0 saturated carbocycles. The second-order valence-corrected chi connectivity index (χ2v) is 3.45. The molecule has 1 rings (SSSR count). The maximum Gasteiger partial charge on any atom is 0.403 e. The first-order valence-corrected chi connectivity index (χ1v) is 5.72. The molecule has 5 heteroatoms. The maximum absolute atomic E-state index is 12.2. The highest BCUT2D eigenvalue weighted by atomic mass is 19.4. The first kappa shape index (κ1) is 16.5. The monoisotopic (exact) mass is 258 g/mol. The molecule has 0 aliphatic rings. The first-order valence-electron chi connectivity index (χ1n) is 5.72. The Balaban J connectivity index is 0.00000137. The van der Waals surface area contributed by atoms with E-state index in [-0.39, 0.29) is 6.54 Å². The van der Waals surface area contributed by atoms with Crippen molar-refractivity contribution in [2.24, 2.45) is 0 Å². The van der Waals surface area contributed by atoms with Crippen LogP contribution < -0.4 is 5.32 Å². The van der Waals surface area contributed by atoms with Gasteiger partial charge in [0.2, 0.25) is 0 Å². The molecule has 1 N–H and O–H groups in total. The lowest BCUT2D eigenvalue weighted by atomic mass is 10.1. The largest absolute Gasteiger partial charge is 0.403 e. The average molecular weight is 258 g/mol. The third kappa shape index (κ3) is 5.69. The van der Waals surface area contributed by atoms with Crippen molar-refractivity contribution < 1.29 is 13.2 Å². The predicted molar refractivity (Wildman–Crippen MR) is 64.9 cm³/mol. The molecule has 18 heavy (non-hydrogen) atoms. The van der Waals surface area contributed by atoms with Gasteiger partial charge in [0.15, 0.2) is 0 Å². The number of nitrogens with zero attached hydrogens (tertiary/aromatic N) is 1. The number of nitriles is 1. The normalized spacial score (nSPS) is 12.1. The van der Waals surface area contributed by atoms with E-state index in [9.17, 15) is 13.2 Å². The van der Waals surface area contributed by atoms with Crippen LogP contribution in [0, 0.1) is 11.3 Å². The topological polar surface area (TPSA) is 35.8 Å². The van der Waals surface area contributed by atoms with E-state index in [2.05, 4.69) is 5.32 Å². The Bertz CT molecular complexity index is 377. The summed E-state index contributed by atoms with van der Waals surface area (Å²) in [5, 5.41) is 10.9. The molecule has 0 spiro atoms. The fourth-order valence-electron chi connectivity index (χ4n) is 1.08. The van der Waals surface area contributed by atoms with E-state index < -0.39 is 12.2 Å². The van der Waals surface area contributed by atoms with E-state index in [4.69, 9.17) is 5.26 Å². The summed E-state index contributed by atoms with van der Waals surface area (Å²) < 4.78 is 36.5. The Hall–Kier alpha value is -1.54. The lowest BCUT2D eigenvalue weighted by Crippen LogP contribution is -2.39. The summed E-state index contributed by atoms with van der Waals surface area (Å²) in [5.74, 6) is 0. The molecule has 0 heterocycles. The maximum atomic E-state index is 12.2. The number of rotatable bonds is 3. The van der Waals surface area contributed by atoms with Gasteiger partial charge in [-0.25, -0.2) is 0 Å². The summed E-state index contributed by atoms with van der Waals surface area (Å²) in [6, 6.07) is 6.83. The SMILES string of the molecule is CC.CC(NCc1ccc(C#N)cc1)C(F)(F)F. The van der Waals surface area contributed by atoms with Gasteiger partial charge in [-0.05, 0) is 24.6 Å². The fraction of sp³-hybridized carbons (Fsp3) is 0.462. The Labute approximate surface area is 105 Å². The van der Waals surface area contributed by atoms with Gasteiger partial charge in [0, 0.05) is 6.54 Å². The van der Waals surface area contributed by atoms with Gasteiger partial charge in [-0.3, -0.25) is 0 Å². The summed E-state index contributed by atoms with van der Waals surface area (Å²) in [5.41, 5.74) is 1.21. The number of halogens is 3. The molecule has 0 saturated heterocycles. The molecule has 1 atom stereocenters. The Morgan fingerprint density at radius 3 is 2.11 bits per heavy atom. The van der Waals surface area contributed by atoms with Crippen LogP contribution in [0.15, 0.2) is 24.3 Å². The number of benzene rings is 1. The van der Waals surface area contributed by atoms with Gasteiger partial charge in [0.25, 0.3) is 0 Å². The highest BCUT2D eigenvalue weighted by Crippen LogP contribution is 2.19. The third-order valence-electron chi connectivity index (χ3n) is 2.19. The standard InChI is InChI=1S/C11H11F3N2.C2H6/c1-8(11(12,13)14)16-7-10-4-2-9(6-15)3-5-10;1-2/h2-5,8,16H,7H2,1H3;1-2H3. The van der Waals surface area contributed by atoms with Crippen LogP contribution in [0.4, 0.5) is 13.2 Å². The number of hydrogen-bond acceptors (Lipinski definition) is 2. The smallest absolute Gasteiger partial charge is 0.302 e. The summed E-state index contributed by atoms with van der Waals surface area (Å²) in [4.78, 5) is 0. The van der Waals surface area contributed by atoms with Crippen LogP contribution in [0.25, 0.3) is 0 Å². The fourth-order valence-corrected chi connectivity index (χ4v) is 1.08. The van der Waals surface area contributed by atoms with Crippen molar-refractivity contribution in [3.63, 3.8) is 0 Å². The highest BCUT2D eigenvalue weighted by molar-refractivity contribution is 5.31. The van der Waals surface area contributed by atoms with Gasteiger partial charge in [0.1, 0.15) is 6.04 Å². The van der Waals surface area contributed by atoms with Crippen LogP contribution in [-0.4, -0.2) is 12.2 Å². The quantitative estimate of drug-likeness (QED) is 0.898. The Morgan fingerprint density at radius 1 is 1.22 bits per heavy atom. The van der Waals surface area contributed by atoms with Gasteiger partial charge in [-0.15, -0.1) is 0 Å². The molecule has 1 aromatic carbocycles. The van der Waals surface area contributed by atoms with E-state index in [0.717, 1.165) is 12.5 Å². The van der Waals surface area contributed by atoms with E-state index in [0.29, 0.717) is 5.56 Å². The van der Waals surface area contributed by atoms with E-state index in [1.165, 1.54) is 0 Å². The van der Waals surface area contributed by atoms with Gasteiger partial charge in [-0.2, -0.15) is 18.4 Å². The third-order valence-corrected chi connectivity index (χ3v) is 2.19. The van der Waals surface area contributed by atoms with Crippen LogP contribution in [0.1, 0.15) is 31.9 Å². The molecule has 0 aliphatic carbocycles. The number of hydrogen-bond donors (Lipinski definition) is 1. The van der Waals surface area contributed by atoms with Crippen molar-refractivity contribution in [1.82, 2.24) is 5.32 Å².